The van der Waals surface area contributed by atoms with Crippen molar-refractivity contribution in [3.63, 3.8) is 0 Å². The molecular weight excluding hydrogens is 326 g/mol. The molecule has 0 saturated heterocycles. The summed E-state index contributed by atoms with van der Waals surface area (Å²) < 4.78 is 26.5. The van der Waals surface area contributed by atoms with Crippen LogP contribution in [0.4, 0.5) is 0 Å². The molecule has 0 atom stereocenters. The van der Waals surface area contributed by atoms with Crippen LogP contribution >= 0.6 is 0 Å². The van der Waals surface area contributed by atoms with E-state index in [1.54, 1.807) is 23.1 Å². The normalized spacial score (nSPS) is 16.9. The van der Waals surface area contributed by atoms with Gasteiger partial charge in [-0.2, -0.15) is 0 Å². The van der Waals surface area contributed by atoms with Crippen LogP contribution in [0, 0.1) is 5.92 Å². The zero-order valence-electron chi connectivity index (χ0n) is 14.4. The molecule has 6 nitrogen and oxygen atoms in total. The minimum Gasteiger partial charge on any atom is -0.341 e. The van der Waals surface area contributed by atoms with Gasteiger partial charge in [-0.15, -0.1) is 0 Å². The number of carbonyl (C=O) groups excluding carboxylic acids is 1. The monoisotopic (exact) mass is 351 g/mol. The predicted octanol–water partition coefficient (Wildman–Crippen LogP) is 2.01. The smallest absolute Gasteiger partial charge is 0.263 e. The fourth-order valence-corrected chi connectivity index (χ4v) is 4.01. The van der Waals surface area contributed by atoms with Crippen molar-refractivity contribution < 1.29 is 13.2 Å². The number of amides is 1. The maximum Gasteiger partial charge on any atom is 0.263 e. The molecular formula is C17H25N3O3S. The first-order valence-electron chi connectivity index (χ1n) is 8.37. The lowest BCUT2D eigenvalue weighted by molar-refractivity contribution is -0.130. The van der Waals surface area contributed by atoms with Crippen molar-refractivity contribution in [2.45, 2.75) is 38.5 Å². The zero-order valence-corrected chi connectivity index (χ0v) is 15.3. The summed E-state index contributed by atoms with van der Waals surface area (Å²) in [7, 11) is -3.56. The molecule has 1 aliphatic heterocycles. The molecule has 2 rings (SSSR count). The van der Waals surface area contributed by atoms with E-state index in [2.05, 4.69) is 23.6 Å². The van der Waals surface area contributed by atoms with E-state index in [1.807, 2.05) is 6.92 Å². The van der Waals surface area contributed by atoms with Crippen molar-refractivity contribution in [2.75, 3.05) is 19.6 Å². The summed E-state index contributed by atoms with van der Waals surface area (Å²) in [6.07, 6.45) is 2.06. The molecule has 132 valence electrons. The fraction of sp³-hybridized carbons (Fsp3) is 0.529. The van der Waals surface area contributed by atoms with Gasteiger partial charge in [0.15, 0.2) is 0 Å². The van der Waals surface area contributed by atoms with Crippen LogP contribution in [0.2, 0.25) is 0 Å². The molecule has 0 aromatic heterocycles. The Labute approximate surface area is 144 Å². The van der Waals surface area contributed by atoms with Gasteiger partial charge < -0.3 is 4.90 Å². The van der Waals surface area contributed by atoms with Crippen LogP contribution in [0.5, 0.6) is 0 Å². The van der Waals surface area contributed by atoms with Crippen molar-refractivity contribution >= 4 is 21.8 Å². The molecule has 0 bridgehead atoms. The second kappa shape index (κ2) is 7.79. The van der Waals surface area contributed by atoms with E-state index < -0.39 is 10.0 Å². The number of nitrogens with zero attached hydrogens (tertiary/aromatic N) is 2. The lowest BCUT2D eigenvalue weighted by Gasteiger charge is -2.24. The van der Waals surface area contributed by atoms with Gasteiger partial charge in [-0.1, -0.05) is 38.8 Å². The van der Waals surface area contributed by atoms with Gasteiger partial charge in [-0.3, -0.25) is 14.5 Å². The van der Waals surface area contributed by atoms with Crippen LogP contribution in [0.1, 0.15) is 39.2 Å². The van der Waals surface area contributed by atoms with Crippen LogP contribution in [0.3, 0.4) is 0 Å². The average Bonchev–Trinajstić information content (AvgIpc) is 2.85. The first-order chi connectivity index (χ1) is 11.4. The van der Waals surface area contributed by atoms with E-state index in [0.717, 1.165) is 19.4 Å². The molecule has 0 radical (unpaired) electrons. The number of carbonyl (C=O) groups is 1. The number of benzene rings is 1. The summed E-state index contributed by atoms with van der Waals surface area (Å²) in [5.41, 5.74) is 0.522. The fourth-order valence-electron chi connectivity index (χ4n) is 2.76. The van der Waals surface area contributed by atoms with Gasteiger partial charge in [0.05, 0.1) is 4.90 Å². The summed E-state index contributed by atoms with van der Waals surface area (Å²) in [6, 6.07) is 6.65. The van der Waals surface area contributed by atoms with Gasteiger partial charge in [0.1, 0.15) is 12.4 Å². The molecule has 1 heterocycles. The van der Waals surface area contributed by atoms with Gasteiger partial charge in [0.2, 0.25) is 5.91 Å². The molecule has 0 aliphatic carbocycles. The zero-order chi connectivity index (χ0) is 17.7. The highest BCUT2D eigenvalue weighted by Crippen LogP contribution is 2.22. The number of sulfonamides is 1. The minimum atomic E-state index is -3.56. The van der Waals surface area contributed by atoms with E-state index in [4.69, 9.17) is 0 Å². The molecule has 0 unspecified atom stereocenters. The topological polar surface area (TPSA) is 78.8 Å². The molecule has 1 N–H and O–H groups in total. The van der Waals surface area contributed by atoms with E-state index in [9.17, 15) is 13.2 Å². The highest BCUT2D eigenvalue weighted by Gasteiger charge is 2.30. The number of likely N-dealkylation sites (N-methyl/N-ethyl adjacent to an activating group) is 1. The largest absolute Gasteiger partial charge is 0.341 e. The van der Waals surface area contributed by atoms with Crippen molar-refractivity contribution in [1.82, 2.24) is 9.62 Å². The van der Waals surface area contributed by atoms with Crippen LogP contribution in [-0.2, 0) is 14.8 Å². The van der Waals surface area contributed by atoms with Crippen molar-refractivity contribution in [2.24, 2.45) is 10.9 Å². The standard InChI is InChI=1S/C17H25N3O3S/c1-4-13(5-2)12-20(6-3)16(21)11-18-17-14-9-7-8-10-15(14)24(22,23)19-17/h7-10,13H,4-6,11-12H2,1-3H3,(H,18,19). The number of nitrogens with one attached hydrogen (secondary N) is 1. The Hall–Kier alpha value is -1.89. The van der Waals surface area contributed by atoms with Gasteiger partial charge in [0.25, 0.3) is 10.0 Å². The van der Waals surface area contributed by atoms with Crippen molar-refractivity contribution in [1.29, 1.82) is 0 Å². The number of hydrogen-bond donors (Lipinski definition) is 1. The van der Waals surface area contributed by atoms with Crippen LogP contribution in [-0.4, -0.2) is 44.7 Å². The summed E-state index contributed by atoms with van der Waals surface area (Å²) >= 11 is 0. The number of rotatable bonds is 7. The number of hydrogen-bond acceptors (Lipinski definition) is 4. The van der Waals surface area contributed by atoms with Gasteiger partial charge in [-0.05, 0) is 25.0 Å². The second-order valence-electron chi connectivity index (χ2n) is 5.88. The van der Waals surface area contributed by atoms with E-state index in [1.165, 1.54) is 6.07 Å². The van der Waals surface area contributed by atoms with E-state index >= 15 is 0 Å². The molecule has 0 spiro atoms. The lowest BCUT2D eigenvalue weighted by Crippen LogP contribution is -2.37. The van der Waals surface area contributed by atoms with E-state index in [-0.39, 0.29) is 23.2 Å². The molecule has 1 aliphatic rings. The highest BCUT2D eigenvalue weighted by molar-refractivity contribution is 7.90. The molecule has 0 saturated carbocycles. The third kappa shape index (κ3) is 3.95. The van der Waals surface area contributed by atoms with Crippen LogP contribution < -0.4 is 4.72 Å². The first kappa shape index (κ1) is 18.4. The summed E-state index contributed by atoms with van der Waals surface area (Å²) in [5, 5.41) is 0. The molecule has 1 amide bonds. The average molecular weight is 351 g/mol. The molecule has 7 heteroatoms. The Morgan fingerprint density at radius 3 is 2.50 bits per heavy atom. The lowest BCUT2D eigenvalue weighted by atomic mass is 10.0. The highest BCUT2D eigenvalue weighted by atomic mass is 32.2. The van der Waals surface area contributed by atoms with Gasteiger partial charge >= 0.3 is 0 Å². The molecule has 0 fully saturated rings. The van der Waals surface area contributed by atoms with Crippen molar-refractivity contribution in [3.8, 4) is 0 Å². The molecule has 24 heavy (non-hydrogen) atoms. The third-order valence-corrected chi connectivity index (χ3v) is 5.80. The molecule has 1 aromatic rings. The maximum atomic E-state index is 12.4. The van der Waals surface area contributed by atoms with Gasteiger partial charge in [-0.25, -0.2) is 8.42 Å². The number of amidine groups is 1. The Balaban J connectivity index is 2.12. The number of fused-ring (bicyclic) bond motifs is 1. The second-order valence-corrected chi connectivity index (χ2v) is 7.53. The maximum absolute atomic E-state index is 12.4. The van der Waals surface area contributed by atoms with Crippen molar-refractivity contribution in [3.05, 3.63) is 29.8 Å². The Bertz CT molecular complexity index is 724. The Morgan fingerprint density at radius 1 is 1.21 bits per heavy atom. The third-order valence-electron chi connectivity index (χ3n) is 4.40. The van der Waals surface area contributed by atoms with Crippen LogP contribution in [0.15, 0.2) is 34.2 Å². The Kier molecular flexibility index (Phi) is 5.99. The van der Waals surface area contributed by atoms with Crippen LogP contribution in [0.25, 0.3) is 0 Å². The predicted molar refractivity (Wildman–Crippen MR) is 94.5 cm³/mol. The quantitative estimate of drug-likeness (QED) is 0.816. The summed E-state index contributed by atoms with van der Waals surface area (Å²) in [4.78, 5) is 18.6. The summed E-state index contributed by atoms with van der Waals surface area (Å²) in [6.45, 7) is 7.48. The molecule has 1 aromatic carbocycles. The first-order valence-corrected chi connectivity index (χ1v) is 9.85. The van der Waals surface area contributed by atoms with E-state index in [0.29, 0.717) is 18.0 Å². The SMILES string of the molecule is CCC(CC)CN(CC)C(=O)CN=C1NS(=O)(=O)c2ccccc21. The number of aliphatic imine (C=N–C) groups is 1. The summed E-state index contributed by atoms with van der Waals surface area (Å²) in [5.74, 6) is 0.644. The van der Waals surface area contributed by atoms with Gasteiger partial charge in [0, 0.05) is 18.7 Å². The Morgan fingerprint density at radius 2 is 1.88 bits per heavy atom. The minimum absolute atomic E-state index is 0.0554.